The maximum atomic E-state index is 11.7. The lowest BCUT2D eigenvalue weighted by molar-refractivity contribution is -0.129. The van der Waals surface area contributed by atoms with Crippen LogP contribution in [-0.2, 0) is 4.79 Å². The summed E-state index contributed by atoms with van der Waals surface area (Å²) in [4.78, 5) is 14.2. The highest BCUT2D eigenvalue weighted by atomic mass is 16.2. The van der Waals surface area contributed by atoms with Gasteiger partial charge in [0.05, 0.1) is 5.92 Å². The van der Waals surface area contributed by atoms with Gasteiger partial charge in [-0.2, -0.15) is 0 Å². The molecule has 15 heavy (non-hydrogen) atoms. The van der Waals surface area contributed by atoms with Crippen molar-refractivity contribution in [1.29, 1.82) is 0 Å². The Labute approximate surface area is 91.4 Å². The summed E-state index contributed by atoms with van der Waals surface area (Å²) in [5, 5.41) is 6.31. The third-order valence-corrected chi connectivity index (χ3v) is 3.64. The van der Waals surface area contributed by atoms with Crippen LogP contribution in [0.15, 0.2) is 0 Å². The molecule has 4 heteroatoms. The van der Waals surface area contributed by atoms with E-state index in [0.29, 0.717) is 6.04 Å². The predicted octanol–water partition coefficient (Wildman–Crippen LogP) is -0.194. The van der Waals surface area contributed by atoms with Crippen LogP contribution in [0, 0.1) is 5.92 Å². The van der Waals surface area contributed by atoms with Gasteiger partial charge < -0.3 is 10.6 Å². The number of nitrogens with zero attached hydrogens (tertiary/aromatic N) is 1. The van der Waals surface area contributed by atoms with Gasteiger partial charge in [0, 0.05) is 38.8 Å². The largest absolute Gasteiger partial charge is 0.356 e. The minimum absolute atomic E-state index is 0.205. The number of piperazine rings is 1. The predicted molar refractivity (Wildman–Crippen MR) is 59.6 cm³/mol. The smallest absolute Gasteiger partial charge is 0.224 e. The summed E-state index contributed by atoms with van der Waals surface area (Å²) in [7, 11) is 0. The molecule has 0 aromatic heterocycles. The molecular weight excluding hydrogens is 190 g/mol. The minimum atomic E-state index is 0.205. The summed E-state index contributed by atoms with van der Waals surface area (Å²) >= 11 is 0. The highest BCUT2D eigenvalue weighted by Gasteiger charge is 2.31. The third kappa shape index (κ3) is 2.49. The van der Waals surface area contributed by atoms with Crippen LogP contribution in [0.2, 0.25) is 0 Å². The van der Waals surface area contributed by atoms with Crippen LogP contribution in [0.5, 0.6) is 0 Å². The van der Waals surface area contributed by atoms with Crippen molar-refractivity contribution in [2.24, 2.45) is 5.92 Å². The molecule has 0 bridgehead atoms. The van der Waals surface area contributed by atoms with Gasteiger partial charge in [-0.25, -0.2) is 0 Å². The second kappa shape index (κ2) is 4.94. The lowest BCUT2D eigenvalue weighted by atomic mass is 9.90. The number of amides is 1. The SMILES string of the molecule is CC(C1CCCNC1=O)N1CCNCC1. The Kier molecular flexibility index (Phi) is 3.59. The minimum Gasteiger partial charge on any atom is -0.356 e. The summed E-state index contributed by atoms with van der Waals surface area (Å²) in [5.41, 5.74) is 0. The van der Waals surface area contributed by atoms with Crippen LogP contribution < -0.4 is 10.6 Å². The summed E-state index contributed by atoms with van der Waals surface area (Å²) in [6, 6.07) is 0.396. The van der Waals surface area contributed by atoms with Crippen LogP contribution in [0.3, 0.4) is 0 Å². The van der Waals surface area contributed by atoms with E-state index in [2.05, 4.69) is 22.5 Å². The van der Waals surface area contributed by atoms with Crippen molar-refractivity contribution in [3.8, 4) is 0 Å². The van der Waals surface area contributed by atoms with Crippen molar-refractivity contribution < 1.29 is 4.79 Å². The Hall–Kier alpha value is -0.610. The molecule has 0 spiro atoms. The molecule has 0 aromatic carbocycles. The molecule has 2 saturated heterocycles. The summed E-state index contributed by atoms with van der Waals surface area (Å²) in [6.07, 6.45) is 2.18. The fourth-order valence-corrected chi connectivity index (χ4v) is 2.60. The van der Waals surface area contributed by atoms with Crippen molar-refractivity contribution in [2.75, 3.05) is 32.7 Å². The molecule has 2 aliphatic rings. The highest BCUT2D eigenvalue weighted by molar-refractivity contribution is 5.79. The standard InChI is InChI=1S/C11H21N3O/c1-9(14-7-5-12-6-8-14)10-3-2-4-13-11(10)15/h9-10,12H,2-8H2,1H3,(H,13,15). The molecule has 2 N–H and O–H groups in total. The van der Waals surface area contributed by atoms with Crippen LogP contribution in [0.1, 0.15) is 19.8 Å². The van der Waals surface area contributed by atoms with E-state index in [1.165, 1.54) is 0 Å². The van der Waals surface area contributed by atoms with Gasteiger partial charge in [-0.15, -0.1) is 0 Å². The Bertz CT molecular complexity index is 226. The van der Waals surface area contributed by atoms with Crippen molar-refractivity contribution in [3.63, 3.8) is 0 Å². The van der Waals surface area contributed by atoms with Crippen molar-refractivity contribution in [3.05, 3.63) is 0 Å². The molecule has 2 atom stereocenters. The average Bonchev–Trinajstić information content (AvgIpc) is 2.30. The first-order valence-corrected chi connectivity index (χ1v) is 6.01. The maximum Gasteiger partial charge on any atom is 0.224 e. The zero-order valence-electron chi connectivity index (χ0n) is 9.46. The molecule has 2 heterocycles. The lowest BCUT2D eigenvalue weighted by Gasteiger charge is -2.38. The lowest BCUT2D eigenvalue weighted by Crippen LogP contribution is -2.53. The molecular formula is C11H21N3O. The first-order chi connectivity index (χ1) is 7.29. The Morgan fingerprint density at radius 3 is 2.73 bits per heavy atom. The Morgan fingerprint density at radius 1 is 1.33 bits per heavy atom. The van der Waals surface area contributed by atoms with E-state index >= 15 is 0 Å². The molecule has 0 aromatic rings. The van der Waals surface area contributed by atoms with Crippen molar-refractivity contribution in [1.82, 2.24) is 15.5 Å². The third-order valence-electron chi connectivity index (χ3n) is 3.64. The van der Waals surface area contributed by atoms with E-state index in [-0.39, 0.29) is 11.8 Å². The summed E-state index contributed by atoms with van der Waals surface area (Å²) < 4.78 is 0. The van der Waals surface area contributed by atoms with E-state index in [1.807, 2.05) is 0 Å². The van der Waals surface area contributed by atoms with Gasteiger partial charge in [-0.1, -0.05) is 0 Å². The molecule has 4 nitrogen and oxygen atoms in total. The normalized spacial score (nSPS) is 31.0. The van der Waals surface area contributed by atoms with Gasteiger partial charge in [0.1, 0.15) is 0 Å². The zero-order valence-corrected chi connectivity index (χ0v) is 9.46. The number of carbonyl (C=O) groups is 1. The van der Waals surface area contributed by atoms with E-state index < -0.39 is 0 Å². The van der Waals surface area contributed by atoms with E-state index in [9.17, 15) is 4.79 Å². The van der Waals surface area contributed by atoms with Gasteiger partial charge >= 0.3 is 0 Å². The topological polar surface area (TPSA) is 44.4 Å². The number of piperidine rings is 1. The zero-order chi connectivity index (χ0) is 10.7. The highest BCUT2D eigenvalue weighted by Crippen LogP contribution is 2.20. The van der Waals surface area contributed by atoms with Gasteiger partial charge in [-0.05, 0) is 19.8 Å². The number of rotatable bonds is 2. The van der Waals surface area contributed by atoms with Crippen LogP contribution in [0.4, 0.5) is 0 Å². The maximum absolute atomic E-state index is 11.7. The summed E-state index contributed by atoms with van der Waals surface area (Å²) in [6.45, 7) is 7.32. The van der Waals surface area contributed by atoms with Crippen molar-refractivity contribution >= 4 is 5.91 Å². The molecule has 2 aliphatic heterocycles. The molecule has 2 rings (SSSR count). The first-order valence-electron chi connectivity index (χ1n) is 6.01. The monoisotopic (exact) mass is 211 g/mol. The van der Waals surface area contributed by atoms with Crippen LogP contribution in [-0.4, -0.2) is 49.6 Å². The van der Waals surface area contributed by atoms with Gasteiger partial charge in [0.2, 0.25) is 5.91 Å². The fraction of sp³-hybridized carbons (Fsp3) is 0.909. The summed E-state index contributed by atoms with van der Waals surface area (Å²) in [5.74, 6) is 0.462. The van der Waals surface area contributed by atoms with Crippen molar-refractivity contribution in [2.45, 2.75) is 25.8 Å². The van der Waals surface area contributed by atoms with Crippen LogP contribution >= 0.6 is 0 Å². The molecule has 2 fully saturated rings. The van der Waals surface area contributed by atoms with E-state index in [1.54, 1.807) is 0 Å². The Balaban J connectivity index is 1.92. The fourth-order valence-electron chi connectivity index (χ4n) is 2.60. The number of carbonyl (C=O) groups excluding carboxylic acids is 1. The molecule has 0 saturated carbocycles. The Morgan fingerprint density at radius 2 is 2.07 bits per heavy atom. The number of nitrogens with one attached hydrogen (secondary N) is 2. The van der Waals surface area contributed by atoms with Gasteiger partial charge in [0.15, 0.2) is 0 Å². The molecule has 0 aliphatic carbocycles. The number of hydrogen-bond acceptors (Lipinski definition) is 3. The average molecular weight is 211 g/mol. The second-order valence-electron chi connectivity index (χ2n) is 4.57. The first kappa shape index (κ1) is 10.9. The molecule has 1 amide bonds. The number of hydrogen-bond donors (Lipinski definition) is 2. The van der Waals surface area contributed by atoms with Gasteiger partial charge in [0.25, 0.3) is 0 Å². The molecule has 2 unspecified atom stereocenters. The molecule has 0 radical (unpaired) electrons. The second-order valence-corrected chi connectivity index (χ2v) is 4.57. The van der Waals surface area contributed by atoms with Gasteiger partial charge in [-0.3, -0.25) is 9.69 Å². The quantitative estimate of drug-likeness (QED) is 0.665. The van der Waals surface area contributed by atoms with Crippen LogP contribution in [0.25, 0.3) is 0 Å². The van der Waals surface area contributed by atoms with E-state index in [0.717, 1.165) is 45.6 Å². The molecule has 86 valence electrons. The van der Waals surface area contributed by atoms with E-state index in [4.69, 9.17) is 0 Å².